The molecule has 1 N–H and O–H groups in total. The van der Waals surface area contributed by atoms with Crippen molar-refractivity contribution in [3.63, 3.8) is 0 Å². The van der Waals surface area contributed by atoms with Crippen molar-refractivity contribution in [3.05, 3.63) is 17.6 Å². The van der Waals surface area contributed by atoms with Gasteiger partial charge in [-0.25, -0.2) is 9.97 Å². The first kappa shape index (κ1) is 13.9. The van der Waals surface area contributed by atoms with E-state index < -0.39 is 0 Å². The molecule has 1 aromatic rings. The fraction of sp³-hybridized carbons (Fsp3) is 0.714. The molecule has 1 heterocycles. The molecule has 0 aliphatic carbocycles. The van der Waals surface area contributed by atoms with Crippen LogP contribution in [0.4, 0.5) is 5.82 Å². The summed E-state index contributed by atoms with van der Waals surface area (Å²) in [6, 6.07) is 2.52. The van der Waals surface area contributed by atoms with Crippen LogP contribution in [0.3, 0.4) is 0 Å². The number of hydrogen-bond donors (Lipinski definition) is 1. The van der Waals surface area contributed by atoms with Crippen molar-refractivity contribution < 1.29 is 0 Å². The lowest BCUT2D eigenvalue weighted by Crippen LogP contribution is -2.25. The second-order valence-corrected chi connectivity index (χ2v) is 4.65. The van der Waals surface area contributed by atoms with Gasteiger partial charge in [0.1, 0.15) is 11.6 Å². The second kappa shape index (κ2) is 6.58. The fourth-order valence-corrected chi connectivity index (χ4v) is 2.23. The highest BCUT2D eigenvalue weighted by Gasteiger charge is 2.14. The maximum atomic E-state index is 4.45. The van der Waals surface area contributed by atoms with Gasteiger partial charge in [0.05, 0.1) is 0 Å². The summed E-state index contributed by atoms with van der Waals surface area (Å²) >= 11 is 0. The molecule has 0 radical (unpaired) electrons. The van der Waals surface area contributed by atoms with Crippen molar-refractivity contribution in [2.24, 2.45) is 5.92 Å². The van der Waals surface area contributed by atoms with Crippen LogP contribution in [0.1, 0.15) is 52.1 Å². The zero-order valence-electron chi connectivity index (χ0n) is 11.7. The molecule has 0 saturated carbocycles. The van der Waals surface area contributed by atoms with Crippen LogP contribution in [0.25, 0.3) is 0 Å². The monoisotopic (exact) mass is 235 g/mol. The summed E-state index contributed by atoms with van der Waals surface area (Å²) in [4.78, 5) is 8.84. The van der Waals surface area contributed by atoms with Crippen molar-refractivity contribution >= 4 is 5.82 Å². The highest BCUT2D eigenvalue weighted by Crippen LogP contribution is 2.17. The van der Waals surface area contributed by atoms with Gasteiger partial charge in [-0.15, -0.1) is 0 Å². The van der Waals surface area contributed by atoms with E-state index in [2.05, 4.69) is 49.0 Å². The smallest absolute Gasteiger partial charge is 0.130 e. The first-order valence-electron chi connectivity index (χ1n) is 6.71. The third-order valence-corrected chi connectivity index (χ3v) is 3.38. The Morgan fingerprint density at radius 2 is 1.82 bits per heavy atom. The number of hydrogen-bond acceptors (Lipinski definition) is 3. The molecule has 0 amide bonds. The van der Waals surface area contributed by atoms with Crippen molar-refractivity contribution in [3.8, 4) is 0 Å². The topological polar surface area (TPSA) is 37.8 Å². The molecule has 0 spiro atoms. The minimum Gasteiger partial charge on any atom is -0.367 e. The Kier molecular flexibility index (Phi) is 5.39. The number of anilines is 1. The summed E-state index contributed by atoms with van der Waals surface area (Å²) in [6.45, 7) is 10.8. The minimum absolute atomic E-state index is 0.462. The summed E-state index contributed by atoms with van der Waals surface area (Å²) in [5.74, 6) is 2.52. The Labute approximate surface area is 105 Å². The number of nitrogens with zero attached hydrogens (tertiary/aromatic N) is 2. The van der Waals surface area contributed by atoms with Gasteiger partial charge >= 0.3 is 0 Å². The van der Waals surface area contributed by atoms with Crippen molar-refractivity contribution in [1.82, 2.24) is 9.97 Å². The van der Waals surface area contributed by atoms with E-state index in [0.29, 0.717) is 12.0 Å². The van der Waals surface area contributed by atoms with E-state index in [1.54, 1.807) is 0 Å². The molecule has 0 bridgehead atoms. The number of aromatic nitrogens is 2. The molecular formula is C14H25N3. The fourth-order valence-electron chi connectivity index (χ4n) is 2.23. The van der Waals surface area contributed by atoms with Gasteiger partial charge in [-0.1, -0.05) is 33.6 Å². The van der Waals surface area contributed by atoms with Crippen molar-refractivity contribution in [2.75, 3.05) is 5.32 Å². The predicted molar refractivity (Wildman–Crippen MR) is 73.3 cm³/mol. The van der Waals surface area contributed by atoms with Gasteiger partial charge in [-0.05, 0) is 26.2 Å². The van der Waals surface area contributed by atoms with Crippen LogP contribution in [0.2, 0.25) is 0 Å². The maximum Gasteiger partial charge on any atom is 0.130 e. The Bertz CT molecular complexity index is 345. The number of nitrogens with one attached hydrogen (secondary N) is 1. The molecule has 17 heavy (non-hydrogen) atoms. The van der Waals surface area contributed by atoms with Gasteiger partial charge in [-0.3, -0.25) is 0 Å². The largest absolute Gasteiger partial charge is 0.367 e. The minimum atomic E-state index is 0.462. The molecule has 0 fully saturated rings. The molecule has 3 nitrogen and oxygen atoms in total. The van der Waals surface area contributed by atoms with Crippen LogP contribution < -0.4 is 5.32 Å². The summed E-state index contributed by atoms with van der Waals surface area (Å²) < 4.78 is 0. The molecule has 0 aliphatic heterocycles. The predicted octanol–water partition coefficient (Wildman–Crippen LogP) is 3.58. The highest BCUT2D eigenvalue weighted by atomic mass is 15.0. The lowest BCUT2D eigenvalue weighted by Gasteiger charge is -2.23. The lowest BCUT2D eigenvalue weighted by atomic mass is 9.95. The van der Waals surface area contributed by atoms with Gasteiger partial charge in [0.2, 0.25) is 0 Å². The van der Waals surface area contributed by atoms with Crippen LogP contribution in [0.5, 0.6) is 0 Å². The van der Waals surface area contributed by atoms with Gasteiger partial charge in [-0.2, -0.15) is 0 Å². The van der Waals surface area contributed by atoms with Crippen LogP contribution >= 0.6 is 0 Å². The summed E-state index contributed by atoms with van der Waals surface area (Å²) in [6.07, 6.45) is 3.36. The molecular weight excluding hydrogens is 210 g/mol. The normalized spacial score (nSPS) is 12.8. The van der Waals surface area contributed by atoms with Crippen molar-refractivity contribution in [2.45, 2.75) is 59.9 Å². The lowest BCUT2D eigenvalue weighted by molar-refractivity contribution is 0.437. The van der Waals surface area contributed by atoms with E-state index in [4.69, 9.17) is 0 Å². The SMILES string of the molecule is CCc1cc(NC(C)C(CC)CC)nc(C)n1. The molecule has 3 heteroatoms. The molecule has 1 aromatic heterocycles. The third kappa shape index (κ3) is 3.99. The zero-order chi connectivity index (χ0) is 12.8. The van der Waals surface area contributed by atoms with E-state index >= 15 is 0 Å². The van der Waals surface area contributed by atoms with E-state index in [9.17, 15) is 0 Å². The van der Waals surface area contributed by atoms with Gasteiger partial charge in [0.15, 0.2) is 0 Å². The molecule has 96 valence electrons. The van der Waals surface area contributed by atoms with E-state index in [1.807, 2.05) is 6.92 Å². The highest BCUT2D eigenvalue weighted by molar-refractivity contribution is 5.37. The number of aryl methyl sites for hydroxylation is 2. The Balaban J connectivity index is 2.76. The first-order chi connectivity index (χ1) is 8.10. The van der Waals surface area contributed by atoms with E-state index in [1.165, 1.54) is 12.8 Å². The molecule has 0 aromatic carbocycles. The van der Waals surface area contributed by atoms with E-state index in [0.717, 1.165) is 23.8 Å². The summed E-state index contributed by atoms with van der Waals surface area (Å²) in [7, 11) is 0. The standard InChI is InChI=1S/C14H25N3/c1-6-12(7-2)10(4)15-14-9-13(8-3)16-11(5)17-14/h9-10,12H,6-8H2,1-5H3,(H,15,16,17). The summed E-state index contributed by atoms with van der Waals surface area (Å²) in [5.41, 5.74) is 1.11. The quantitative estimate of drug-likeness (QED) is 0.819. The van der Waals surface area contributed by atoms with Gasteiger partial charge < -0.3 is 5.32 Å². The third-order valence-electron chi connectivity index (χ3n) is 3.38. The Hall–Kier alpha value is -1.12. The van der Waals surface area contributed by atoms with Crippen LogP contribution in [0, 0.1) is 12.8 Å². The molecule has 0 saturated heterocycles. The average Bonchev–Trinajstić information content (AvgIpc) is 2.29. The van der Waals surface area contributed by atoms with Gasteiger partial charge in [0.25, 0.3) is 0 Å². The molecule has 1 unspecified atom stereocenters. The summed E-state index contributed by atoms with van der Waals surface area (Å²) in [5, 5.41) is 3.51. The Morgan fingerprint density at radius 3 is 2.35 bits per heavy atom. The van der Waals surface area contributed by atoms with Crippen LogP contribution in [-0.4, -0.2) is 16.0 Å². The first-order valence-corrected chi connectivity index (χ1v) is 6.71. The molecule has 1 atom stereocenters. The van der Waals surface area contributed by atoms with Crippen molar-refractivity contribution in [1.29, 1.82) is 0 Å². The average molecular weight is 235 g/mol. The molecule has 1 rings (SSSR count). The zero-order valence-corrected chi connectivity index (χ0v) is 11.7. The number of rotatable bonds is 6. The second-order valence-electron chi connectivity index (χ2n) is 4.65. The molecule has 0 aliphatic rings. The maximum absolute atomic E-state index is 4.45. The van der Waals surface area contributed by atoms with Crippen LogP contribution in [0.15, 0.2) is 6.07 Å². The Morgan fingerprint density at radius 1 is 1.18 bits per heavy atom. The van der Waals surface area contributed by atoms with Crippen LogP contribution in [-0.2, 0) is 6.42 Å². The van der Waals surface area contributed by atoms with Gasteiger partial charge in [0, 0.05) is 17.8 Å². The van der Waals surface area contributed by atoms with E-state index in [-0.39, 0.29) is 0 Å².